The zero-order valence-corrected chi connectivity index (χ0v) is 26.6. The molecule has 2 N–H and O–H groups in total. The lowest BCUT2D eigenvalue weighted by Crippen LogP contribution is -2.23. The molecule has 0 saturated carbocycles. The van der Waals surface area contributed by atoms with E-state index in [1.165, 1.54) is 7.11 Å². The Labute approximate surface area is 235 Å². The second-order valence-corrected chi connectivity index (χ2v) is 15.1. The van der Waals surface area contributed by atoms with Crippen molar-refractivity contribution in [1.82, 2.24) is 0 Å². The molecule has 0 aliphatic carbocycles. The lowest BCUT2D eigenvalue weighted by Gasteiger charge is -2.34. The SMILES string of the molecule is COC(=O)CCc1cc(C(C)(C)C)c(O)c(C(C)(C)C)c1C(Cl)c1cc(C(C)(C)C)c(O)c(C(C)(C)C)c1. The first-order chi connectivity index (χ1) is 17.0. The molecule has 2 aromatic carbocycles. The van der Waals surface area contributed by atoms with Crippen LogP contribution in [0.3, 0.4) is 0 Å². The maximum absolute atomic E-state index is 12.2. The van der Waals surface area contributed by atoms with Gasteiger partial charge in [-0.3, -0.25) is 4.79 Å². The molecule has 1 unspecified atom stereocenters. The molecule has 0 amide bonds. The number of aryl methyl sites for hydroxylation is 1. The van der Waals surface area contributed by atoms with Gasteiger partial charge in [0.05, 0.1) is 12.5 Å². The quantitative estimate of drug-likeness (QED) is 0.291. The highest BCUT2D eigenvalue weighted by Gasteiger charge is 2.35. The number of carbonyl (C=O) groups excluding carboxylic acids is 1. The largest absolute Gasteiger partial charge is 0.507 e. The van der Waals surface area contributed by atoms with Crippen molar-refractivity contribution in [3.8, 4) is 11.5 Å². The molecule has 38 heavy (non-hydrogen) atoms. The molecule has 0 aliphatic rings. The third kappa shape index (κ3) is 6.86. The van der Waals surface area contributed by atoms with Crippen molar-refractivity contribution in [2.75, 3.05) is 7.11 Å². The van der Waals surface area contributed by atoms with Crippen molar-refractivity contribution in [2.45, 2.75) is 123 Å². The molecular weight excluding hydrogens is 496 g/mol. The molecule has 2 aromatic rings. The number of hydrogen-bond donors (Lipinski definition) is 2. The minimum absolute atomic E-state index is 0.209. The Hall–Kier alpha value is -2.20. The van der Waals surface area contributed by atoms with Crippen LogP contribution in [0.4, 0.5) is 0 Å². The van der Waals surface area contributed by atoms with E-state index >= 15 is 0 Å². The third-order valence-electron chi connectivity index (χ3n) is 7.10. The molecular formula is C33H49ClO4. The molecule has 0 aliphatic heterocycles. The summed E-state index contributed by atoms with van der Waals surface area (Å²) < 4.78 is 4.95. The Morgan fingerprint density at radius 3 is 1.55 bits per heavy atom. The van der Waals surface area contributed by atoms with Gasteiger partial charge < -0.3 is 14.9 Å². The molecule has 0 bridgehead atoms. The number of methoxy groups -OCH3 is 1. The molecule has 4 nitrogen and oxygen atoms in total. The van der Waals surface area contributed by atoms with Crippen molar-refractivity contribution in [2.24, 2.45) is 0 Å². The maximum Gasteiger partial charge on any atom is 0.305 e. The van der Waals surface area contributed by atoms with Gasteiger partial charge in [-0.25, -0.2) is 0 Å². The smallest absolute Gasteiger partial charge is 0.305 e. The number of aromatic hydroxyl groups is 2. The summed E-state index contributed by atoms with van der Waals surface area (Å²) in [7, 11) is 1.39. The van der Waals surface area contributed by atoms with E-state index in [9.17, 15) is 15.0 Å². The minimum atomic E-state index is -0.611. The molecule has 5 heteroatoms. The lowest BCUT2D eigenvalue weighted by atomic mass is 9.73. The van der Waals surface area contributed by atoms with E-state index in [2.05, 4.69) is 83.1 Å². The molecule has 0 saturated heterocycles. The van der Waals surface area contributed by atoms with Gasteiger partial charge in [0.2, 0.25) is 0 Å². The summed E-state index contributed by atoms with van der Waals surface area (Å²) in [5.41, 5.74) is 4.50. The van der Waals surface area contributed by atoms with Gasteiger partial charge >= 0.3 is 5.97 Å². The van der Waals surface area contributed by atoms with Crippen LogP contribution in [0.25, 0.3) is 0 Å². The van der Waals surface area contributed by atoms with E-state index in [0.717, 1.165) is 38.9 Å². The Balaban J connectivity index is 3.03. The van der Waals surface area contributed by atoms with E-state index in [0.29, 0.717) is 12.2 Å². The summed E-state index contributed by atoms with van der Waals surface area (Å²) >= 11 is 7.42. The summed E-state index contributed by atoms with van der Waals surface area (Å²) in [6, 6.07) is 5.99. The second-order valence-electron chi connectivity index (χ2n) is 14.6. The monoisotopic (exact) mass is 544 g/mol. The highest BCUT2D eigenvalue weighted by atomic mass is 35.5. The van der Waals surface area contributed by atoms with Crippen LogP contribution in [0.1, 0.15) is 134 Å². The van der Waals surface area contributed by atoms with Crippen LogP contribution in [-0.4, -0.2) is 23.3 Å². The number of phenols is 2. The van der Waals surface area contributed by atoms with Crippen molar-refractivity contribution in [3.63, 3.8) is 0 Å². The number of ether oxygens (including phenoxy) is 1. The summed E-state index contributed by atoms with van der Waals surface area (Å²) in [6.07, 6.45) is 0.648. The molecule has 0 spiro atoms. The van der Waals surface area contributed by atoms with E-state index in [-0.39, 0.29) is 34.4 Å². The first-order valence-corrected chi connectivity index (χ1v) is 13.9. The Morgan fingerprint density at radius 2 is 1.18 bits per heavy atom. The van der Waals surface area contributed by atoms with Gasteiger partial charge in [-0.05, 0) is 73.6 Å². The molecule has 1 atom stereocenters. The standard InChI is InChI=1S/C33H49ClO4/c1-30(2,3)21-17-20(18-22(28(21)36)31(4,5)6)27(34)25-19(14-15-24(35)38-13)16-23(32(7,8)9)29(37)26(25)33(10,11)12/h16-18,27,36-37H,14-15H2,1-13H3. The summed E-state index contributed by atoms with van der Waals surface area (Å²) in [5, 5.41) is 22.4. The fourth-order valence-electron chi connectivity index (χ4n) is 5.02. The average Bonchev–Trinajstić information content (AvgIpc) is 2.73. The molecule has 0 aromatic heterocycles. The van der Waals surface area contributed by atoms with Gasteiger partial charge in [0, 0.05) is 12.0 Å². The number of carbonyl (C=O) groups is 1. The van der Waals surface area contributed by atoms with Crippen LogP contribution in [0.15, 0.2) is 18.2 Å². The number of alkyl halides is 1. The molecule has 212 valence electrons. The Kier molecular flexibility index (Phi) is 9.06. The number of benzene rings is 2. The fraction of sp³-hybridized carbons (Fsp3) is 0.606. The highest BCUT2D eigenvalue weighted by molar-refractivity contribution is 6.23. The predicted octanol–water partition coefficient (Wildman–Crippen LogP) is 8.72. The average molecular weight is 545 g/mol. The fourth-order valence-corrected chi connectivity index (χ4v) is 5.40. The summed E-state index contributed by atoms with van der Waals surface area (Å²) in [5.74, 6) is 0.253. The van der Waals surface area contributed by atoms with Crippen molar-refractivity contribution < 1.29 is 19.7 Å². The van der Waals surface area contributed by atoms with E-state index in [1.807, 2.05) is 18.2 Å². The van der Waals surface area contributed by atoms with Gasteiger partial charge in [-0.15, -0.1) is 11.6 Å². The number of phenolic OH excluding ortho intramolecular Hbond substituents is 2. The van der Waals surface area contributed by atoms with Crippen LogP contribution >= 0.6 is 11.6 Å². The number of hydrogen-bond acceptors (Lipinski definition) is 4. The topological polar surface area (TPSA) is 66.8 Å². The zero-order chi connectivity index (χ0) is 29.6. The van der Waals surface area contributed by atoms with Crippen LogP contribution in [0.2, 0.25) is 0 Å². The zero-order valence-electron chi connectivity index (χ0n) is 25.8. The molecule has 0 fully saturated rings. The van der Waals surface area contributed by atoms with Crippen molar-refractivity contribution in [3.05, 3.63) is 57.1 Å². The highest BCUT2D eigenvalue weighted by Crippen LogP contribution is 2.49. The van der Waals surface area contributed by atoms with E-state index in [1.54, 1.807) is 0 Å². The summed E-state index contributed by atoms with van der Waals surface area (Å²) in [4.78, 5) is 12.2. The molecule has 0 radical (unpaired) electrons. The molecule has 2 rings (SSSR count). The van der Waals surface area contributed by atoms with Crippen LogP contribution in [0.5, 0.6) is 11.5 Å². The normalized spacial score (nSPS) is 13.9. The van der Waals surface area contributed by atoms with Gasteiger partial charge in [0.15, 0.2) is 0 Å². The van der Waals surface area contributed by atoms with Crippen LogP contribution in [-0.2, 0) is 37.6 Å². The van der Waals surface area contributed by atoms with Crippen LogP contribution < -0.4 is 0 Å². The molecule has 0 heterocycles. The summed E-state index contributed by atoms with van der Waals surface area (Å²) in [6.45, 7) is 24.9. The van der Waals surface area contributed by atoms with Crippen molar-refractivity contribution in [1.29, 1.82) is 0 Å². The minimum Gasteiger partial charge on any atom is -0.507 e. The first kappa shape index (κ1) is 32.0. The second kappa shape index (κ2) is 10.8. The maximum atomic E-state index is 12.2. The number of halogens is 1. The number of esters is 1. The lowest BCUT2D eigenvalue weighted by molar-refractivity contribution is -0.140. The first-order valence-electron chi connectivity index (χ1n) is 13.5. The van der Waals surface area contributed by atoms with Gasteiger partial charge in [0.1, 0.15) is 11.5 Å². The third-order valence-corrected chi connectivity index (χ3v) is 7.57. The van der Waals surface area contributed by atoms with E-state index < -0.39 is 10.8 Å². The van der Waals surface area contributed by atoms with Gasteiger partial charge in [-0.1, -0.05) is 89.2 Å². The predicted molar refractivity (Wildman–Crippen MR) is 159 cm³/mol. The van der Waals surface area contributed by atoms with E-state index in [4.69, 9.17) is 16.3 Å². The Morgan fingerprint density at radius 1 is 0.763 bits per heavy atom. The van der Waals surface area contributed by atoms with Gasteiger partial charge in [-0.2, -0.15) is 0 Å². The number of rotatable bonds is 5. The van der Waals surface area contributed by atoms with Gasteiger partial charge in [0.25, 0.3) is 0 Å². The van der Waals surface area contributed by atoms with Crippen molar-refractivity contribution >= 4 is 17.6 Å². The van der Waals surface area contributed by atoms with Crippen LogP contribution in [0, 0.1) is 0 Å². The Bertz CT molecular complexity index is 1150.